The highest BCUT2D eigenvalue weighted by Crippen LogP contribution is 2.22. The van der Waals surface area contributed by atoms with Crippen LogP contribution < -0.4 is 15.8 Å². The summed E-state index contributed by atoms with van der Waals surface area (Å²) in [4.78, 5) is 12.3. The minimum atomic E-state index is -0.246. The molecule has 0 saturated carbocycles. The fourth-order valence-corrected chi connectivity index (χ4v) is 1.87. The Kier molecular flexibility index (Phi) is 2.78. The number of nitrogens with zero attached hydrogens (tertiary/aromatic N) is 1. The number of thiophene rings is 1. The van der Waals surface area contributed by atoms with Crippen molar-refractivity contribution < 1.29 is 9.53 Å². The minimum absolute atomic E-state index is 0.246. The molecule has 0 spiro atoms. The number of anilines is 2. The Morgan fingerprint density at radius 3 is 3.06 bits per heavy atom. The van der Waals surface area contributed by atoms with Crippen LogP contribution in [-0.4, -0.2) is 23.2 Å². The molecule has 0 fully saturated rings. The summed E-state index contributed by atoms with van der Waals surface area (Å²) in [6.45, 7) is 0. The van der Waals surface area contributed by atoms with Gasteiger partial charge in [-0.1, -0.05) is 0 Å². The molecule has 16 heavy (non-hydrogen) atoms. The van der Waals surface area contributed by atoms with Gasteiger partial charge in [-0.15, -0.1) is 11.3 Å². The Labute approximate surface area is 95.4 Å². The van der Waals surface area contributed by atoms with Crippen LogP contribution in [0.3, 0.4) is 0 Å². The van der Waals surface area contributed by atoms with Crippen molar-refractivity contribution in [1.82, 2.24) is 10.2 Å². The number of rotatable bonds is 3. The molecule has 0 unspecified atom stereocenters. The second-order valence-corrected chi connectivity index (χ2v) is 3.92. The molecule has 4 N–H and O–H groups in total. The second kappa shape index (κ2) is 4.23. The maximum Gasteiger partial charge on any atom is 0.267 e. The molecule has 2 heterocycles. The van der Waals surface area contributed by atoms with Crippen molar-refractivity contribution in [1.29, 1.82) is 0 Å². The average molecular weight is 238 g/mol. The van der Waals surface area contributed by atoms with Gasteiger partial charge in [0, 0.05) is 11.4 Å². The number of hydrogen-bond donors (Lipinski definition) is 3. The van der Waals surface area contributed by atoms with Gasteiger partial charge in [-0.3, -0.25) is 9.89 Å². The Balaban J connectivity index is 2.11. The van der Waals surface area contributed by atoms with Crippen molar-refractivity contribution in [2.24, 2.45) is 0 Å². The van der Waals surface area contributed by atoms with Gasteiger partial charge >= 0.3 is 0 Å². The van der Waals surface area contributed by atoms with E-state index >= 15 is 0 Å². The van der Waals surface area contributed by atoms with Crippen LogP contribution in [0.1, 0.15) is 9.67 Å². The van der Waals surface area contributed by atoms with Gasteiger partial charge < -0.3 is 15.8 Å². The van der Waals surface area contributed by atoms with Crippen LogP contribution in [0, 0.1) is 0 Å². The van der Waals surface area contributed by atoms with Crippen molar-refractivity contribution >= 4 is 28.7 Å². The minimum Gasteiger partial charge on any atom is -0.496 e. The molecule has 0 aliphatic rings. The molecule has 2 aromatic rings. The summed E-state index contributed by atoms with van der Waals surface area (Å²) in [6.07, 6.45) is 1.44. The molecule has 0 aliphatic heterocycles. The first-order valence-corrected chi connectivity index (χ1v) is 5.31. The Bertz CT molecular complexity index is 505. The van der Waals surface area contributed by atoms with Gasteiger partial charge in [-0.05, 0) is 0 Å². The number of aromatic amines is 1. The molecular weight excluding hydrogens is 228 g/mol. The summed E-state index contributed by atoms with van der Waals surface area (Å²) >= 11 is 1.30. The van der Waals surface area contributed by atoms with E-state index in [-0.39, 0.29) is 5.91 Å². The van der Waals surface area contributed by atoms with Crippen molar-refractivity contribution in [3.8, 4) is 5.75 Å². The smallest absolute Gasteiger partial charge is 0.267 e. The van der Waals surface area contributed by atoms with E-state index in [1.54, 1.807) is 18.6 Å². The number of hydrogen-bond acceptors (Lipinski definition) is 5. The molecule has 0 aromatic carbocycles. The lowest BCUT2D eigenvalue weighted by Gasteiger charge is -2.00. The highest BCUT2D eigenvalue weighted by molar-refractivity contribution is 7.12. The Morgan fingerprint density at radius 2 is 2.50 bits per heavy atom. The van der Waals surface area contributed by atoms with Crippen LogP contribution >= 0.6 is 11.3 Å². The number of nitrogens with one attached hydrogen (secondary N) is 2. The molecule has 2 aromatic heterocycles. The molecule has 0 saturated heterocycles. The first kappa shape index (κ1) is 10.5. The van der Waals surface area contributed by atoms with Gasteiger partial charge in [-0.25, -0.2) is 0 Å². The largest absolute Gasteiger partial charge is 0.496 e. The maximum atomic E-state index is 11.7. The van der Waals surface area contributed by atoms with Gasteiger partial charge in [0.15, 0.2) is 5.82 Å². The third-order valence-electron chi connectivity index (χ3n) is 1.94. The summed E-state index contributed by atoms with van der Waals surface area (Å²) in [7, 11) is 1.55. The number of H-pyrrole nitrogens is 1. The number of carbonyl (C=O) groups is 1. The standard InChI is InChI=1S/C9H10N4O2S/c1-15-5-2-7(16-4-5)9(14)12-8-6(10)3-11-13-8/h2-4H,10H2,1H3,(H2,11,12,13,14). The van der Waals surface area contributed by atoms with E-state index in [0.717, 1.165) is 0 Å². The van der Waals surface area contributed by atoms with E-state index in [9.17, 15) is 4.79 Å². The number of methoxy groups -OCH3 is 1. The van der Waals surface area contributed by atoms with E-state index in [1.807, 2.05) is 0 Å². The van der Waals surface area contributed by atoms with Gasteiger partial charge in [0.25, 0.3) is 5.91 Å². The first-order valence-electron chi connectivity index (χ1n) is 4.43. The number of ether oxygens (including phenoxy) is 1. The van der Waals surface area contributed by atoms with Crippen LogP contribution in [0.4, 0.5) is 11.5 Å². The highest BCUT2D eigenvalue weighted by Gasteiger charge is 2.11. The van der Waals surface area contributed by atoms with E-state index in [2.05, 4.69) is 15.5 Å². The number of amides is 1. The molecule has 1 amide bonds. The summed E-state index contributed by atoms with van der Waals surface area (Å²) in [6, 6.07) is 1.66. The quantitative estimate of drug-likeness (QED) is 0.751. The van der Waals surface area contributed by atoms with Crippen LogP contribution in [-0.2, 0) is 0 Å². The van der Waals surface area contributed by atoms with Gasteiger partial charge in [-0.2, -0.15) is 5.10 Å². The van der Waals surface area contributed by atoms with Crippen LogP contribution in [0.5, 0.6) is 5.75 Å². The molecule has 0 radical (unpaired) electrons. The van der Waals surface area contributed by atoms with E-state index in [4.69, 9.17) is 10.5 Å². The Hall–Kier alpha value is -2.02. The lowest BCUT2D eigenvalue weighted by Crippen LogP contribution is -2.11. The summed E-state index contributed by atoms with van der Waals surface area (Å²) < 4.78 is 4.99. The average Bonchev–Trinajstić information content (AvgIpc) is 2.88. The predicted molar refractivity (Wildman–Crippen MR) is 61.8 cm³/mol. The van der Waals surface area contributed by atoms with Crippen molar-refractivity contribution in [3.63, 3.8) is 0 Å². The number of nitrogen functional groups attached to an aromatic ring is 1. The normalized spacial score (nSPS) is 10.1. The summed E-state index contributed by atoms with van der Waals surface area (Å²) in [5.74, 6) is 0.814. The van der Waals surface area contributed by atoms with E-state index in [1.165, 1.54) is 17.5 Å². The summed E-state index contributed by atoms with van der Waals surface area (Å²) in [5, 5.41) is 10.7. The zero-order valence-electron chi connectivity index (χ0n) is 8.48. The molecule has 0 bridgehead atoms. The number of nitrogens with two attached hydrogens (primary N) is 1. The third-order valence-corrected chi connectivity index (χ3v) is 2.85. The zero-order valence-corrected chi connectivity index (χ0v) is 9.30. The van der Waals surface area contributed by atoms with Gasteiger partial charge in [0.2, 0.25) is 0 Å². The Morgan fingerprint density at radius 1 is 1.69 bits per heavy atom. The van der Waals surface area contributed by atoms with Gasteiger partial charge in [0.1, 0.15) is 5.75 Å². The van der Waals surface area contributed by atoms with Crippen LogP contribution in [0.2, 0.25) is 0 Å². The van der Waals surface area contributed by atoms with E-state index in [0.29, 0.717) is 22.1 Å². The molecule has 7 heteroatoms. The van der Waals surface area contributed by atoms with Crippen molar-refractivity contribution in [3.05, 3.63) is 22.5 Å². The van der Waals surface area contributed by atoms with Crippen LogP contribution in [0.25, 0.3) is 0 Å². The lowest BCUT2D eigenvalue weighted by atomic mass is 10.4. The first-order chi connectivity index (χ1) is 7.70. The predicted octanol–water partition coefficient (Wildman–Crippen LogP) is 1.31. The van der Waals surface area contributed by atoms with Crippen molar-refractivity contribution in [2.45, 2.75) is 0 Å². The second-order valence-electron chi connectivity index (χ2n) is 3.01. The monoisotopic (exact) mass is 238 g/mol. The molecule has 84 valence electrons. The topological polar surface area (TPSA) is 93.0 Å². The maximum absolute atomic E-state index is 11.7. The fourth-order valence-electron chi connectivity index (χ4n) is 1.12. The summed E-state index contributed by atoms with van der Waals surface area (Å²) in [5.41, 5.74) is 5.97. The molecule has 6 nitrogen and oxygen atoms in total. The van der Waals surface area contributed by atoms with Crippen LogP contribution in [0.15, 0.2) is 17.6 Å². The van der Waals surface area contributed by atoms with Gasteiger partial charge in [0.05, 0.1) is 23.9 Å². The van der Waals surface area contributed by atoms with Crippen molar-refractivity contribution in [2.75, 3.05) is 18.2 Å². The van der Waals surface area contributed by atoms with E-state index < -0.39 is 0 Å². The highest BCUT2D eigenvalue weighted by atomic mass is 32.1. The lowest BCUT2D eigenvalue weighted by molar-refractivity contribution is 0.103. The molecule has 0 atom stereocenters. The SMILES string of the molecule is COc1csc(C(=O)Nc2[nH]ncc2N)c1. The number of aromatic nitrogens is 2. The zero-order chi connectivity index (χ0) is 11.5. The molecular formula is C9H10N4O2S. The molecule has 0 aliphatic carbocycles. The number of carbonyl (C=O) groups excluding carboxylic acids is 1. The fraction of sp³-hybridized carbons (Fsp3) is 0.111. The third kappa shape index (κ3) is 1.98. The molecule has 2 rings (SSSR count).